The van der Waals surface area contributed by atoms with Crippen molar-refractivity contribution in [2.75, 3.05) is 51.0 Å². The van der Waals surface area contributed by atoms with Crippen LogP contribution in [0.4, 0.5) is 11.4 Å². The van der Waals surface area contributed by atoms with E-state index >= 15 is 0 Å². The van der Waals surface area contributed by atoms with E-state index in [-0.39, 0.29) is 55.5 Å². The van der Waals surface area contributed by atoms with Gasteiger partial charge in [0.2, 0.25) is 5.91 Å². The minimum Gasteiger partial charge on any atom is -0.507 e. The zero-order chi connectivity index (χ0) is 55.6. The van der Waals surface area contributed by atoms with Crippen LogP contribution in [0.25, 0.3) is 10.8 Å². The SMILES string of the molecule is CC(=O)Nc1ccc(/C=N/NC(N)=S)cc1.CO[C@H]1/C=C/O[C@@]2(C)Oc3c(C)c(O)c4c(O)c(c(/C=N\N5CCN(C)CC5)c(O)c4c3C2=O)NC(=O)/C(C)=C\C=C\[C@H](C)[C@H](O)[C@@H](C)[C@@H](O)[C@@H](C)[C@H](OC(C)=O)[C@@H]1C. The highest BCUT2D eigenvalue weighted by Gasteiger charge is 2.50. The number of Topliss-reactive ketones (excluding diaryl/α,β-unsaturated/α-hetero) is 1. The number of amides is 2. The zero-order valence-corrected chi connectivity index (χ0v) is 44.9. The van der Waals surface area contributed by atoms with Crippen LogP contribution in [0.2, 0.25) is 0 Å². The van der Waals surface area contributed by atoms with E-state index in [4.69, 9.17) is 24.7 Å². The highest BCUT2D eigenvalue weighted by molar-refractivity contribution is 7.80. The van der Waals surface area contributed by atoms with Crippen molar-refractivity contribution in [3.63, 3.8) is 0 Å². The quantitative estimate of drug-likeness (QED) is 0.0369. The molecule has 1 fully saturated rings. The number of aromatic hydroxyl groups is 3. The number of aliphatic hydroxyl groups excluding tert-OH is 2. The number of allylic oxidation sites excluding steroid dienone is 2. The number of fused-ring (bicyclic) bond motifs is 14. The summed E-state index contributed by atoms with van der Waals surface area (Å²) in [5, 5.41) is 73.4. The van der Waals surface area contributed by atoms with Crippen LogP contribution >= 0.6 is 12.2 Å². The van der Waals surface area contributed by atoms with Gasteiger partial charge in [-0.15, -0.1) is 0 Å². The number of piperazine rings is 1. The summed E-state index contributed by atoms with van der Waals surface area (Å²) in [6.07, 6.45) is 6.44. The van der Waals surface area contributed by atoms with Crippen molar-refractivity contribution in [2.45, 2.75) is 92.5 Å². The maximum Gasteiger partial charge on any atom is 0.312 e. The van der Waals surface area contributed by atoms with Crippen LogP contribution in [-0.2, 0) is 28.6 Å². The Morgan fingerprint density at radius 1 is 0.920 bits per heavy atom. The monoisotopic (exact) mass is 1060 g/mol. The molecule has 3 aromatic rings. The second-order valence-corrected chi connectivity index (χ2v) is 19.6. The normalized spacial score (nSPS) is 27.4. The van der Waals surface area contributed by atoms with Crippen LogP contribution in [0.1, 0.15) is 82.4 Å². The summed E-state index contributed by atoms with van der Waals surface area (Å²) < 4.78 is 23.6. The van der Waals surface area contributed by atoms with Crippen LogP contribution in [0.15, 0.2) is 70.6 Å². The van der Waals surface area contributed by atoms with Crippen molar-refractivity contribution < 1.29 is 63.7 Å². The Kier molecular flexibility index (Phi) is 19.9. The van der Waals surface area contributed by atoms with Crippen molar-refractivity contribution in [3.8, 4) is 23.0 Å². The third kappa shape index (κ3) is 14.0. The number of phenolic OH excluding ortho intramolecular Hbond substituents is 3. The molecule has 406 valence electrons. The molecular formula is C53H70N8O13S. The van der Waals surface area contributed by atoms with Crippen molar-refractivity contribution in [2.24, 2.45) is 39.6 Å². The molecule has 0 aliphatic carbocycles. The molecule has 0 radical (unpaired) electrons. The molecule has 3 aromatic carbocycles. The number of nitrogens with zero attached hydrogens (tertiary/aromatic N) is 4. The molecule has 1 saturated heterocycles. The first-order chi connectivity index (χ1) is 35.3. The van der Waals surface area contributed by atoms with E-state index in [1.807, 2.05) is 19.2 Å². The molecule has 7 rings (SSSR count). The highest BCUT2D eigenvalue weighted by atomic mass is 32.1. The molecule has 0 aromatic heterocycles. The fourth-order valence-electron chi connectivity index (χ4n) is 8.95. The minimum absolute atomic E-state index is 0.0559. The largest absolute Gasteiger partial charge is 0.507 e. The average molecular weight is 1060 g/mol. The summed E-state index contributed by atoms with van der Waals surface area (Å²) in [4.78, 5) is 53.4. The lowest BCUT2D eigenvalue weighted by Gasteiger charge is -2.38. The Balaban J connectivity index is 0.000000554. The van der Waals surface area contributed by atoms with Crippen molar-refractivity contribution in [1.82, 2.24) is 15.3 Å². The third-order valence-corrected chi connectivity index (χ3v) is 13.6. The molecule has 4 heterocycles. The van der Waals surface area contributed by atoms with Crippen LogP contribution < -0.4 is 26.5 Å². The molecule has 0 spiro atoms. The van der Waals surface area contributed by atoms with Gasteiger partial charge in [-0.2, -0.15) is 10.2 Å². The number of benzene rings is 3. The number of hydrogen-bond acceptors (Lipinski definition) is 18. The molecule has 22 heteroatoms. The molecule has 4 aliphatic heterocycles. The van der Waals surface area contributed by atoms with Gasteiger partial charge >= 0.3 is 11.8 Å². The number of ketones is 1. The van der Waals surface area contributed by atoms with Gasteiger partial charge in [0, 0.05) is 99.9 Å². The number of esters is 1. The Morgan fingerprint density at radius 3 is 2.17 bits per heavy atom. The summed E-state index contributed by atoms with van der Waals surface area (Å²) in [5.74, 6) is -8.44. The van der Waals surface area contributed by atoms with Crippen LogP contribution in [-0.4, -0.2) is 147 Å². The van der Waals surface area contributed by atoms with E-state index in [9.17, 15) is 44.7 Å². The molecule has 4 aliphatic rings. The lowest BCUT2D eigenvalue weighted by Crippen LogP contribution is -2.46. The number of nitrogens with one attached hydrogen (secondary N) is 3. The van der Waals surface area contributed by atoms with Gasteiger partial charge in [-0.05, 0) is 56.9 Å². The van der Waals surface area contributed by atoms with Crippen LogP contribution in [0.3, 0.4) is 0 Å². The number of nitrogens with two attached hydrogens (primary N) is 1. The van der Waals surface area contributed by atoms with Gasteiger partial charge in [0.1, 0.15) is 23.4 Å². The number of aliphatic hydroxyl groups is 2. The smallest absolute Gasteiger partial charge is 0.312 e. The Bertz CT molecular complexity index is 2770. The lowest BCUT2D eigenvalue weighted by atomic mass is 9.78. The Labute approximate surface area is 441 Å². The summed E-state index contributed by atoms with van der Waals surface area (Å²) in [6, 6.07) is 7.19. The van der Waals surface area contributed by atoms with Crippen LogP contribution in [0, 0.1) is 30.6 Å². The molecule has 0 unspecified atom stereocenters. The molecule has 10 N–H and O–H groups in total. The van der Waals surface area contributed by atoms with Gasteiger partial charge in [-0.25, -0.2) is 0 Å². The number of phenols is 3. The standard InChI is InChI=1S/C43H58N4O12.C10H12N4OS/c1-21-12-11-13-22(2)42(55)45-33-28(20-44-47-17-15-46(9)16-18-47)37(52)30-31(38(33)53)36(51)26(6)40-32(30)41(54)43(8,59-40)57-19-14-29(56-10)23(3)39(58-27(7)48)25(5)35(50)24(4)34(21)49;1-7(15)13-9-4-2-8(3-5-9)6-12-14-10(11)16/h11-14,19-21,23-25,29,34-35,39,49-53H,15-18H2,1-10H3,(H,45,55);2-6H,1H3,(H,13,15)(H3,11,14,16)/b12-11+,19-14+,22-13-,44-20-;12-6+/t21-,23+,24+,25+,29-,34-,35+,39+,43-;/m0./s1. The predicted molar refractivity (Wildman–Crippen MR) is 289 cm³/mol. The predicted octanol–water partition coefficient (Wildman–Crippen LogP) is 5.15. The first-order valence-corrected chi connectivity index (χ1v) is 24.7. The van der Waals surface area contributed by atoms with E-state index in [0.717, 1.165) is 24.3 Å². The van der Waals surface area contributed by atoms with E-state index in [2.05, 4.69) is 43.4 Å². The van der Waals surface area contributed by atoms with Gasteiger partial charge in [0.15, 0.2) is 10.9 Å². The molecule has 75 heavy (non-hydrogen) atoms. The maximum absolute atomic E-state index is 14.4. The van der Waals surface area contributed by atoms with E-state index < -0.39 is 88.8 Å². The number of methoxy groups -OCH3 is 1. The number of carbonyl (C=O) groups is 4. The number of rotatable bonds is 7. The first kappa shape index (κ1) is 58.8. The summed E-state index contributed by atoms with van der Waals surface area (Å²) in [6.45, 7) is 16.6. The number of ether oxygens (including phenoxy) is 4. The number of likely N-dealkylation sites (N-methyl/N-ethyl adjacent to an activating group) is 1. The summed E-state index contributed by atoms with van der Waals surface area (Å²) in [7, 11) is 3.42. The van der Waals surface area contributed by atoms with E-state index in [1.165, 1.54) is 66.4 Å². The van der Waals surface area contributed by atoms with Gasteiger partial charge in [-0.1, -0.05) is 58.1 Å². The average Bonchev–Trinajstić information content (AvgIpc) is 3.62. The maximum atomic E-state index is 14.4. The third-order valence-electron chi connectivity index (χ3n) is 13.5. The number of hydrogen-bond donors (Lipinski definition) is 9. The van der Waals surface area contributed by atoms with E-state index in [0.29, 0.717) is 13.1 Å². The molecule has 2 amide bonds. The highest BCUT2D eigenvalue weighted by Crippen LogP contribution is 2.55. The van der Waals surface area contributed by atoms with Gasteiger partial charge in [-0.3, -0.25) is 29.6 Å². The van der Waals surface area contributed by atoms with Crippen LogP contribution in [0.5, 0.6) is 23.0 Å². The molecule has 9 atom stereocenters. The summed E-state index contributed by atoms with van der Waals surface area (Å²) in [5.41, 5.74) is 8.91. The topological polar surface area (TPSA) is 300 Å². The number of carbonyl (C=O) groups excluding carboxylic acids is 4. The van der Waals surface area contributed by atoms with Gasteiger partial charge in [0.05, 0.1) is 59.2 Å². The first-order valence-electron chi connectivity index (χ1n) is 24.3. The fraction of sp³-hybridized carbons (Fsp3) is 0.453. The Hall–Kier alpha value is -7.11. The fourth-order valence-corrected chi connectivity index (χ4v) is 9.00. The molecule has 21 nitrogen and oxygen atoms in total. The number of hydrazone groups is 2. The second kappa shape index (κ2) is 25.4. The number of thiocarbonyl (C=S) groups is 1. The molecule has 5 bridgehead atoms. The lowest BCUT2D eigenvalue weighted by molar-refractivity contribution is -0.160. The van der Waals surface area contributed by atoms with Crippen molar-refractivity contribution in [3.05, 3.63) is 82.7 Å². The van der Waals surface area contributed by atoms with Gasteiger partial charge < -0.3 is 65.7 Å². The second-order valence-electron chi connectivity index (χ2n) is 19.2. The zero-order valence-electron chi connectivity index (χ0n) is 44.1. The number of anilines is 2. The molecule has 0 saturated carbocycles. The van der Waals surface area contributed by atoms with Gasteiger partial charge in [0.25, 0.3) is 11.7 Å². The Morgan fingerprint density at radius 2 is 1.57 bits per heavy atom. The van der Waals surface area contributed by atoms with E-state index in [1.54, 1.807) is 63.2 Å². The molecular weight excluding hydrogens is 989 g/mol. The van der Waals surface area contributed by atoms with Crippen molar-refractivity contribution in [1.29, 1.82) is 0 Å². The van der Waals surface area contributed by atoms with Crippen molar-refractivity contribution >= 4 is 75.5 Å². The summed E-state index contributed by atoms with van der Waals surface area (Å²) >= 11 is 4.58. The minimum atomic E-state index is -2.04.